The van der Waals surface area contributed by atoms with Gasteiger partial charge in [-0.25, -0.2) is 4.79 Å². The Labute approximate surface area is 200 Å². The van der Waals surface area contributed by atoms with Crippen LogP contribution in [-0.4, -0.2) is 23.5 Å². The number of aromatic hydroxyl groups is 1. The fraction of sp³-hybridized carbons (Fsp3) is 0.655. The van der Waals surface area contributed by atoms with Crippen LogP contribution in [0, 0.1) is 16.7 Å². The van der Waals surface area contributed by atoms with Gasteiger partial charge in [0.2, 0.25) is 0 Å². The van der Waals surface area contributed by atoms with Crippen LogP contribution in [0.1, 0.15) is 110 Å². The standard InChI is InChI=1S/C16H26O.C13H18O3/c1-11-9-13-7-6-8-15(3,4)14(13)10-16(11,5)12(2)17;1-2-3-4-7-10-16-13(15)11-8-5-6-9-12(11)14/h11H,6-10H2,1-5H3;5-6,8-9,14H,2-4,7,10H2,1H3. The lowest BCUT2D eigenvalue weighted by atomic mass is 9.57. The number of ketones is 1. The number of Topliss-reactive ketones (excluding diaryl/α,β-unsaturated/α-hetero) is 1. The number of phenolic OH excluding ortho intramolecular Hbond substituents is 1. The Hall–Kier alpha value is -2.10. The van der Waals surface area contributed by atoms with Crippen molar-refractivity contribution in [3.8, 4) is 5.75 Å². The van der Waals surface area contributed by atoms with Gasteiger partial charge in [0, 0.05) is 5.41 Å². The van der Waals surface area contributed by atoms with Crippen molar-refractivity contribution in [1.82, 2.24) is 0 Å². The number of esters is 1. The lowest BCUT2D eigenvalue weighted by Gasteiger charge is -2.47. The molecule has 2 aliphatic rings. The van der Waals surface area contributed by atoms with Gasteiger partial charge in [-0.2, -0.15) is 0 Å². The molecule has 0 radical (unpaired) electrons. The quantitative estimate of drug-likeness (QED) is 0.260. The van der Waals surface area contributed by atoms with E-state index in [2.05, 4.69) is 34.6 Å². The Kier molecular flexibility index (Phi) is 9.75. The molecule has 0 aliphatic heterocycles. The smallest absolute Gasteiger partial charge is 0.341 e. The highest BCUT2D eigenvalue weighted by atomic mass is 16.5. The van der Waals surface area contributed by atoms with Gasteiger partial charge < -0.3 is 9.84 Å². The molecule has 184 valence electrons. The molecule has 1 N–H and O–H groups in total. The molecule has 4 heteroatoms. The minimum Gasteiger partial charge on any atom is -0.507 e. The van der Waals surface area contributed by atoms with E-state index < -0.39 is 5.97 Å². The molecule has 2 unspecified atom stereocenters. The van der Waals surface area contributed by atoms with E-state index in [4.69, 9.17) is 4.74 Å². The Morgan fingerprint density at radius 3 is 2.45 bits per heavy atom. The predicted octanol–water partition coefficient (Wildman–Crippen LogP) is 7.65. The van der Waals surface area contributed by atoms with Crippen molar-refractivity contribution >= 4 is 11.8 Å². The molecule has 0 fully saturated rings. The van der Waals surface area contributed by atoms with Gasteiger partial charge in [-0.05, 0) is 68.9 Å². The van der Waals surface area contributed by atoms with Crippen LogP contribution in [-0.2, 0) is 9.53 Å². The first-order valence-corrected chi connectivity index (χ1v) is 12.7. The van der Waals surface area contributed by atoms with Crippen LogP contribution in [0.3, 0.4) is 0 Å². The second kappa shape index (κ2) is 11.9. The summed E-state index contributed by atoms with van der Waals surface area (Å²) in [6.07, 6.45) is 10.3. The molecular weight excluding hydrogens is 412 g/mol. The molecule has 0 bridgehead atoms. The molecule has 1 aromatic rings. The highest BCUT2D eigenvalue weighted by Gasteiger charge is 2.45. The van der Waals surface area contributed by atoms with Gasteiger partial charge in [-0.3, -0.25) is 4.79 Å². The van der Waals surface area contributed by atoms with E-state index in [1.54, 1.807) is 36.3 Å². The molecule has 2 atom stereocenters. The fourth-order valence-corrected chi connectivity index (χ4v) is 5.14. The van der Waals surface area contributed by atoms with Crippen LogP contribution in [0.5, 0.6) is 5.75 Å². The first-order chi connectivity index (χ1) is 15.5. The fourth-order valence-electron chi connectivity index (χ4n) is 5.14. The van der Waals surface area contributed by atoms with Crippen molar-refractivity contribution in [1.29, 1.82) is 0 Å². The van der Waals surface area contributed by atoms with E-state index in [0.717, 1.165) is 38.5 Å². The van der Waals surface area contributed by atoms with E-state index in [-0.39, 0.29) is 16.7 Å². The highest BCUT2D eigenvalue weighted by Crippen LogP contribution is 2.53. The molecule has 4 nitrogen and oxygen atoms in total. The zero-order valence-corrected chi connectivity index (χ0v) is 21.6. The molecule has 0 amide bonds. The largest absolute Gasteiger partial charge is 0.507 e. The number of carbonyl (C=O) groups excluding carboxylic acids is 2. The Morgan fingerprint density at radius 2 is 1.82 bits per heavy atom. The first kappa shape index (κ1) is 27.1. The van der Waals surface area contributed by atoms with E-state index in [9.17, 15) is 14.7 Å². The van der Waals surface area contributed by atoms with Gasteiger partial charge in [0.25, 0.3) is 0 Å². The van der Waals surface area contributed by atoms with Crippen LogP contribution in [0.4, 0.5) is 0 Å². The molecule has 0 heterocycles. The summed E-state index contributed by atoms with van der Waals surface area (Å²) in [5.74, 6) is 0.404. The van der Waals surface area contributed by atoms with E-state index in [1.165, 1.54) is 25.3 Å². The van der Waals surface area contributed by atoms with Crippen molar-refractivity contribution in [2.24, 2.45) is 16.7 Å². The average Bonchev–Trinajstić information content (AvgIpc) is 2.75. The normalized spacial score (nSPS) is 23.8. The Bertz CT molecular complexity index is 851. The van der Waals surface area contributed by atoms with Crippen LogP contribution >= 0.6 is 0 Å². The lowest BCUT2D eigenvalue weighted by molar-refractivity contribution is -0.128. The van der Waals surface area contributed by atoms with Gasteiger partial charge in [-0.15, -0.1) is 0 Å². The third-order valence-corrected chi connectivity index (χ3v) is 7.87. The van der Waals surface area contributed by atoms with Gasteiger partial charge in [-0.1, -0.05) is 77.2 Å². The SMILES string of the molecule is CC(=O)C1(C)CC2=C(CCCC2(C)C)CC1C.CCCCCCOC(=O)c1ccccc1O. The average molecular weight is 457 g/mol. The molecule has 0 aromatic heterocycles. The van der Waals surface area contributed by atoms with E-state index >= 15 is 0 Å². The molecule has 33 heavy (non-hydrogen) atoms. The number of phenols is 1. The number of carbonyl (C=O) groups is 2. The summed E-state index contributed by atoms with van der Waals surface area (Å²) < 4.78 is 5.06. The number of rotatable bonds is 7. The van der Waals surface area contributed by atoms with Crippen molar-refractivity contribution < 1.29 is 19.4 Å². The third kappa shape index (κ3) is 6.94. The monoisotopic (exact) mass is 456 g/mol. The number of benzene rings is 1. The number of hydrogen-bond acceptors (Lipinski definition) is 4. The number of allylic oxidation sites excluding steroid dienone is 2. The molecule has 3 rings (SSSR count). The Balaban J connectivity index is 0.000000234. The minimum absolute atomic E-state index is 0.0268. The Morgan fingerprint density at radius 1 is 1.12 bits per heavy atom. The van der Waals surface area contributed by atoms with Crippen molar-refractivity contribution in [2.45, 2.75) is 99.3 Å². The summed E-state index contributed by atoms with van der Waals surface area (Å²) >= 11 is 0. The number of para-hydroxylation sites is 1. The zero-order chi connectivity index (χ0) is 24.6. The van der Waals surface area contributed by atoms with Crippen LogP contribution < -0.4 is 0 Å². The summed E-state index contributed by atoms with van der Waals surface area (Å²) in [7, 11) is 0. The molecule has 1 aromatic carbocycles. The summed E-state index contributed by atoms with van der Waals surface area (Å²) in [4.78, 5) is 23.5. The van der Waals surface area contributed by atoms with Crippen molar-refractivity contribution in [3.63, 3.8) is 0 Å². The topological polar surface area (TPSA) is 63.6 Å². The van der Waals surface area contributed by atoms with Gasteiger partial charge >= 0.3 is 5.97 Å². The van der Waals surface area contributed by atoms with Crippen LogP contribution in [0.2, 0.25) is 0 Å². The maximum Gasteiger partial charge on any atom is 0.341 e. The molecule has 0 saturated carbocycles. The van der Waals surface area contributed by atoms with Crippen LogP contribution in [0.25, 0.3) is 0 Å². The maximum atomic E-state index is 12.0. The van der Waals surface area contributed by atoms with Crippen molar-refractivity contribution in [3.05, 3.63) is 41.0 Å². The van der Waals surface area contributed by atoms with E-state index in [0.29, 0.717) is 23.7 Å². The minimum atomic E-state index is -0.449. The lowest BCUT2D eigenvalue weighted by Crippen LogP contribution is -2.40. The van der Waals surface area contributed by atoms with E-state index in [1.807, 2.05) is 0 Å². The summed E-state index contributed by atoms with van der Waals surface area (Å²) in [5.41, 5.74) is 3.72. The second-order valence-electron chi connectivity index (χ2n) is 10.8. The van der Waals surface area contributed by atoms with Gasteiger partial charge in [0.1, 0.15) is 17.1 Å². The highest BCUT2D eigenvalue weighted by molar-refractivity contribution is 5.92. The number of unbranched alkanes of at least 4 members (excludes halogenated alkanes) is 3. The van der Waals surface area contributed by atoms with Crippen LogP contribution in [0.15, 0.2) is 35.4 Å². The first-order valence-electron chi connectivity index (χ1n) is 12.7. The second-order valence-corrected chi connectivity index (χ2v) is 10.8. The molecule has 0 saturated heterocycles. The predicted molar refractivity (Wildman–Crippen MR) is 134 cm³/mol. The summed E-state index contributed by atoms with van der Waals surface area (Å²) in [6, 6.07) is 6.41. The molecular formula is C29H44O4. The molecule has 2 aliphatic carbocycles. The summed E-state index contributed by atoms with van der Waals surface area (Å²) in [5, 5.41) is 9.42. The summed E-state index contributed by atoms with van der Waals surface area (Å²) in [6.45, 7) is 13.5. The third-order valence-electron chi connectivity index (χ3n) is 7.87. The maximum absolute atomic E-state index is 12.0. The van der Waals surface area contributed by atoms with Gasteiger partial charge in [0.05, 0.1) is 6.61 Å². The zero-order valence-electron chi connectivity index (χ0n) is 21.6. The molecule has 0 spiro atoms. The number of ether oxygens (including phenoxy) is 1. The van der Waals surface area contributed by atoms with Crippen molar-refractivity contribution in [2.75, 3.05) is 6.61 Å². The number of hydrogen-bond donors (Lipinski definition) is 1. The van der Waals surface area contributed by atoms with Gasteiger partial charge in [0.15, 0.2) is 0 Å².